The van der Waals surface area contributed by atoms with Gasteiger partial charge in [-0.3, -0.25) is 9.59 Å². The molecule has 1 aliphatic heterocycles. The zero-order chi connectivity index (χ0) is 24.8. The average molecular weight is 472 g/mol. The van der Waals surface area contributed by atoms with E-state index in [1.807, 2.05) is 61.5 Å². The molecule has 0 bridgehead atoms. The molecule has 6 nitrogen and oxygen atoms in total. The number of carbonyl (C=O) groups excluding carboxylic acids is 2. The second kappa shape index (κ2) is 10.9. The molecule has 0 saturated carbocycles. The summed E-state index contributed by atoms with van der Waals surface area (Å²) >= 11 is 0. The number of likely N-dealkylation sites (tertiary alicyclic amines) is 1. The molecule has 1 fully saturated rings. The number of ether oxygens (including phenoxy) is 2. The Hall–Kier alpha value is -4.06. The van der Waals surface area contributed by atoms with E-state index in [1.165, 1.54) is 0 Å². The Bertz CT molecular complexity index is 1200. The first-order valence-corrected chi connectivity index (χ1v) is 11.7. The fourth-order valence-electron chi connectivity index (χ4n) is 4.22. The van der Waals surface area contributed by atoms with Crippen LogP contribution in [0.4, 0.5) is 0 Å². The Morgan fingerprint density at radius 1 is 0.914 bits per heavy atom. The monoisotopic (exact) mass is 471 g/mol. The van der Waals surface area contributed by atoms with E-state index in [0.717, 1.165) is 17.5 Å². The number of amides is 1. The van der Waals surface area contributed by atoms with Crippen molar-refractivity contribution in [1.82, 2.24) is 4.90 Å². The van der Waals surface area contributed by atoms with Crippen molar-refractivity contribution < 1.29 is 24.2 Å². The summed E-state index contributed by atoms with van der Waals surface area (Å²) in [5, 5.41) is 11.2. The second-order valence-electron chi connectivity index (χ2n) is 8.37. The van der Waals surface area contributed by atoms with Gasteiger partial charge < -0.3 is 19.5 Å². The van der Waals surface area contributed by atoms with Gasteiger partial charge in [-0.15, -0.1) is 0 Å². The minimum atomic E-state index is -0.707. The van der Waals surface area contributed by atoms with Crippen LogP contribution in [0.2, 0.25) is 0 Å². The summed E-state index contributed by atoms with van der Waals surface area (Å²) < 4.78 is 10.9. The predicted molar refractivity (Wildman–Crippen MR) is 134 cm³/mol. The van der Waals surface area contributed by atoms with Crippen LogP contribution in [-0.4, -0.2) is 42.0 Å². The van der Waals surface area contributed by atoms with Crippen LogP contribution in [0.1, 0.15) is 36.1 Å². The van der Waals surface area contributed by atoms with Crippen molar-refractivity contribution in [2.45, 2.75) is 25.8 Å². The molecule has 1 N–H and O–H groups in total. The fourth-order valence-corrected chi connectivity index (χ4v) is 4.22. The lowest BCUT2D eigenvalue weighted by atomic mass is 9.95. The number of hydrogen-bond donors (Lipinski definition) is 1. The van der Waals surface area contributed by atoms with Gasteiger partial charge in [-0.05, 0) is 60.4 Å². The maximum atomic E-state index is 13.2. The first-order valence-electron chi connectivity index (χ1n) is 11.7. The van der Waals surface area contributed by atoms with E-state index in [2.05, 4.69) is 0 Å². The van der Waals surface area contributed by atoms with Crippen LogP contribution in [0.15, 0.2) is 84.4 Å². The highest BCUT2D eigenvalue weighted by atomic mass is 16.5. The van der Waals surface area contributed by atoms with Crippen LogP contribution in [0.25, 0.3) is 5.76 Å². The summed E-state index contributed by atoms with van der Waals surface area (Å²) in [7, 11) is 1.56. The number of aliphatic hydroxyl groups is 1. The number of nitrogens with zero attached hydrogens (tertiary/aromatic N) is 1. The molecule has 6 heteroatoms. The number of rotatable bonds is 9. The minimum absolute atomic E-state index is 0.0791. The Morgan fingerprint density at radius 2 is 1.57 bits per heavy atom. The number of ketones is 1. The average Bonchev–Trinajstić information content (AvgIpc) is 3.16. The number of Topliss-reactive ketones (excluding diaryl/α,β-unsaturated/α-hetero) is 1. The molecule has 3 aromatic rings. The van der Waals surface area contributed by atoms with E-state index in [0.29, 0.717) is 36.6 Å². The highest BCUT2D eigenvalue weighted by Gasteiger charge is 2.45. The molecule has 0 radical (unpaired) electrons. The summed E-state index contributed by atoms with van der Waals surface area (Å²) in [4.78, 5) is 27.9. The maximum absolute atomic E-state index is 13.2. The third-order valence-corrected chi connectivity index (χ3v) is 6.06. The lowest BCUT2D eigenvalue weighted by Crippen LogP contribution is -2.31. The van der Waals surface area contributed by atoms with E-state index in [-0.39, 0.29) is 11.3 Å². The lowest BCUT2D eigenvalue weighted by molar-refractivity contribution is -0.139. The van der Waals surface area contributed by atoms with Gasteiger partial charge in [-0.25, -0.2) is 0 Å². The molecule has 1 amide bonds. The highest BCUT2D eigenvalue weighted by molar-refractivity contribution is 6.46. The zero-order valence-electron chi connectivity index (χ0n) is 19.9. The van der Waals surface area contributed by atoms with E-state index in [4.69, 9.17) is 9.47 Å². The molecule has 1 atom stereocenters. The van der Waals surface area contributed by atoms with Crippen LogP contribution in [0.3, 0.4) is 0 Å². The Kier molecular flexibility index (Phi) is 7.51. The highest BCUT2D eigenvalue weighted by Crippen LogP contribution is 2.40. The van der Waals surface area contributed by atoms with Gasteiger partial charge in [0.05, 0.1) is 25.3 Å². The first-order chi connectivity index (χ1) is 17.0. The molecule has 0 aliphatic carbocycles. The fraction of sp³-hybridized carbons (Fsp3) is 0.241. The largest absolute Gasteiger partial charge is 0.507 e. The number of carbonyl (C=O) groups is 2. The maximum Gasteiger partial charge on any atom is 0.295 e. The number of aliphatic hydroxyl groups excluding tert-OH is 1. The van der Waals surface area contributed by atoms with Crippen molar-refractivity contribution in [3.8, 4) is 11.5 Å². The third-order valence-electron chi connectivity index (χ3n) is 6.06. The molecule has 35 heavy (non-hydrogen) atoms. The lowest BCUT2D eigenvalue weighted by Gasteiger charge is -2.25. The molecule has 1 unspecified atom stereocenters. The van der Waals surface area contributed by atoms with Crippen LogP contribution in [-0.2, 0) is 16.0 Å². The van der Waals surface area contributed by atoms with Gasteiger partial charge in [0.2, 0.25) is 0 Å². The van der Waals surface area contributed by atoms with E-state index in [9.17, 15) is 14.7 Å². The summed E-state index contributed by atoms with van der Waals surface area (Å²) in [6, 6.07) is 23.2. The topological polar surface area (TPSA) is 76.1 Å². The van der Waals surface area contributed by atoms with Gasteiger partial charge in [0, 0.05) is 12.1 Å². The van der Waals surface area contributed by atoms with Gasteiger partial charge in [0.1, 0.15) is 17.3 Å². The van der Waals surface area contributed by atoms with Crippen molar-refractivity contribution in [2.75, 3.05) is 20.3 Å². The summed E-state index contributed by atoms with van der Waals surface area (Å²) in [5.41, 5.74) is 2.32. The molecular weight excluding hydrogens is 442 g/mol. The molecule has 4 rings (SSSR count). The molecule has 1 saturated heterocycles. The second-order valence-corrected chi connectivity index (χ2v) is 8.37. The summed E-state index contributed by atoms with van der Waals surface area (Å²) in [6.45, 7) is 2.98. The number of methoxy groups -OCH3 is 1. The SMILES string of the molecule is CCCOc1ccc(C2/C(=C(\O)c3ccc(OC)cc3)C(=O)C(=O)N2CCc2ccccc2)cc1. The quantitative estimate of drug-likeness (QED) is 0.265. The molecule has 0 aromatic heterocycles. The molecule has 3 aromatic carbocycles. The van der Waals surface area contributed by atoms with Gasteiger partial charge in [0.15, 0.2) is 0 Å². The summed E-state index contributed by atoms with van der Waals surface area (Å²) in [5.74, 6) is -0.171. The van der Waals surface area contributed by atoms with Crippen LogP contribution in [0.5, 0.6) is 11.5 Å². The van der Waals surface area contributed by atoms with Gasteiger partial charge in [-0.2, -0.15) is 0 Å². The van der Waals surface area contributed by atoms with Gasteiger partial charge >= 0.3 is 0 Å². The van der Waals surface area contributed by atoms with E-state index in [1.54, 1.807) is 36.3 Å². The Balaban J connectivity index is 1.74. The number of hydrogen-bond acceptors (Lipinski definition) is 5. The van der Waals surface area contributed by atoms with Crippen LogP contribution >= 0.6 is 0 Å². The van der Waals surface area contributed by atoms with Crippen molar-refractivity contribution in [3.05, 3.63) is 101 Å². The smallest absolute Gasteiger partial charge is 0.295 e. The van der Waals surface area contributed by atoms with Crippen LogP contribution in [0, 0.1) is 0 Å². The van der Waals surface area contributed by atoms with E-state index < -0.39 is 17.7 Å². The normalized spacial score (nSPS) is 17.0. The number of benzene rings is 3. The summed E-state index contributed by atoms with van der Waals surface area (Å²) in [6.07, 6.45) is 1.48. The van der Waals surface area contributed by atoms with Gasteiger partial charge in [-0.1, -0.05) is 49.4 Å². The molecular formula is C29H29NO5. The van der Waals surface area contributed by atoms with Crippen LogP contribution < -0.4 is 9.47 Å². The van der Waals surface area contributed by atoms with E-state index >= 15 is 0 Å². The van der Waals surface area contributed by atoms with Crippen molar-refractivity contribution in [3.63, 3.8) is 0 Å². The van der Waals surface area contributed by atoms with Crippen molar-refractivity contribution in [1.29, 1.82) is 0 Å². The standard InChI is InChI=1S/C29H29NO5/c1-3-19-35-24-15-9-21(10-16-24)26-25(27(31)22-11-13-23(34-2)14-12-22)28(32)29(33)30(26)18-17-20-7-5-4-6-8-20/h4-16,26,31H,3,17-19H2,1-2H3/b27-25+. The predicted octanol–water partition coefficient (Wildman–Crippen LogP) is 5.15. The third kappa shape index (κ3) is 5.22. The van der Waals surface area contributed by atoms with Gasteiger partial charge in [0.25, 0.3) is 11.7 Å². The Morgan fingerprint density at radius 3 is 2.20 bits per heavy atom. The molecule has 1 aliphatic rings. The Labute approximate surface area is 205 Å². The molecule has 180 valence electrons. The molecule has 1 heterocycles. The van der Waals surface area contributed by atoms with Crippen molar-refractivity contribution >= 4 is 17.4 Å². The minimum Gasteiger partial charge on any atom is -0.507 e. The zero-order valence-corrected chi connectivity index (χ0v) is 19.9. The van der Waals surface area contributed by atoms with Crippen molar-refractivity contribution in [2.24, 2.45) is 0 Å². The first kappa shape index (κ1) is 24.1. The molecule has 0 spiro atoms.